The zero-order valence-corrected chi connectivity index (χ0v) is 31.4. The topological polar surface area (TPSA) is 0 Å². The average molecular weight is 673 g/mol. The molecule has 0 amide bonds. The summed E-state index contributed by atoms with van der Waals surface area (Å²) in [5.74, 6) is 0. The minimum absolute atomic E-state index is 1.06. The van der Waals surface area contributed by atoms with Crippen molar-refractivity contribution >= 4 is 21.5 Å². The first-order valence-corrected chi connectivity index (χ1v) is 18.9. The van der Waals surface area contributed by atoms with Crippen molar-refractivity contribution in [3.63, 3.8) is 0 Å². The van der Waals surface area contributed by atoms with E-state index in [-0.39, 0.29) is 0 Å². The molecule has 0 fully saturated rings. The van der Waals surface area contributed by atoms with Gasteiger partial charge in [-0.1, -0.05) is 167 Å². The number of rotatable bonds is 7. The van der Waals surface area contributed by atoms with Gasteiger partial charge in [-0.2, -0.15) is 0 Å². The second-order valence-electron chi connectivity index (χ2n) is 13.7. The summed E-state index contributed by atoms with van der Waals surface area (Å²) >= 11 is 0. The van der Waals surface area contributed by atoms with Gasteiger partial charge < -0.3 is 0 Å². The van der Waals surface area contributed by atoms with Gasteiger partial charge in [-0.25, -0.2) is 0 Å². The van der Waals surface area contributed by atoms with Crippen molar-refractivity contribution in [3.8, 4) is 55.6 Å². The fourth-order valence-corrected chi connectivity index (χ4v) is 7.89. The Morgan fingerprint density at radius 2 is 0.923 bits per heavy atom. The number of benzene rings is 8. The summed E-state index contributed by atoms with van der Waals surface area (Å²) in [6.45, 7) is 13.0. The van der Waals surface area contributed by atoms with Gasteiger partial charge in [0, 0.05) is 0 Å². The van der Waals surface area contributed by atoms with Crippen LogP contribution in [-0.4, -0.2) is 0 Å². The van der Waals surface area contributed by atoms with Crippen molar-refractivity contribution < 1.29 is 0 Å². The van der Waals surface area contributed by atoms with Gasteiger partial charge >= 0.3 is 0 Å². The molecule has 0 atom stereocenters. The molecule has 0 aliphatic carbocycles. The molecule has 0 aromatic heterocycles. The minimum Gasteiger partial charge on any atom is -0.0683 e. The van der Waals surface area contributed by atoms with Gasteiger partial charge in [0.1, 0.15) is 0 Å². The highest BCUT2D eigenvalue weighted by atomic mass is 14.2. The van der Waals surface area contributed by atoms with Crippen molar-refractivity contribution in [2.24, 2.45) is 0 Å². The smallest absolute Gasteiger partial charge is 0.00668 e. The first-order chi connectivity index (χ1) is 25.5. The SMILES string of the molecule is CC.CCCc1cc2ccccc2c2cccc(-c3cc(-c4cccc(-c5cccc(-c6cccc(-c7ccccc7C)c6C)c5)c4)ccc3C)c12. The molecule has 0 aliphatic rings. The molecule has 0 saturated heterocycles. The van der Waals surface area contributed by atoms with Crippen LogP contribution in [0.25, 0.3) is 77.2 Å². The van der Waals surface area contributed by atoms with E-state index in [1.54, 1.807) is 0 Å². The lowest BCUT2D eigenvalue weighted by atomic mass is 9.87. The lowest BCUT2D eigenvalue weighted by molar-refractivity contribution is 0.931. The lowest BCUT2D eigenvalue weighted by Crippen LogP contribution is -1.93. The van der Waals surface area contributed by atoms with Gasteiger partial charge in [-0.3, -0.25) is 0 Å². The van der Waals surface area contributed by atoms with Crippen LogP contribution in [0.1, 0.15) is 49.4 Å². The van der Waals surface area contributed by atoms with Gasteiger partial charge in [0.2, 0.25) is 0 Å². The molecular formula is C52H48. The van der Waals surface area contributed by atoms with E-state index in [9.17, 15) is 0 Å². The van der Waals surface area contributed by atoms with Gasteiger partial charge in [-0.05, 0) is 145 Å². The Bertz CT molecular complexity index is 2530. The van der Waals surface area contributed by atoms with Gasteiger partial charge in [0.15, 0.2) is 0 Å². The second-order valence-corrected chi connectivity index (χ2v) is 13.7. The summed E-state index contributed by atoms with van der Waals surface area (Å²) in [5, 5.41) is 5.38. The number of hydrogen-bond acceptors (Lipinski definition) is 0. The fraction of sp³-hybridized carbons (Fsp3) is 0.154. The van der Waals surface area contributed by atoms with E-state index < -0.39 is 0 Å². The Kier molecular flexibility index (Phi) is 10.2. The first kappa shape index (κ1) is 34.7. The second kappa shape index (κ2) is 15.3. The summed E-state index contributed by atoms with van der Waals surface area (Å²) in [6.07, 6.45) is 2.18. The molecule has 0 N–H and O–H groups in total. The maximum Gasteiger partial charge on any atom is -0.00668 e. The molecule has 0 nitrogen and oxygen atoms in total. The summed E-state index contributed by atoms with van der Waals surface area (Å²) in [4.78, 5) is 0. The lowest BCUT2D eigenvalue weighted by Gasteiger charge is -2.17. The van der Waals surface area contributed by atoms with Crippen LogP contribution in [0, 0.1) is 20.8 Å². The van der Waals surface area contributed by atoms with Crippen molar-refractivity contribution in [1.82, 2.24) is 0 Å². The van der Waals surface area contributed by atoms with Gasteiger partial charge in [0.25, 0.3) is 0 Å². The maximum atomic E-state index is 2.42. The van der Waals surface area contributed by atoms with Crippen molar-refractivity contribution in [2.75, 3.05) is 0 Å². The molecule has 8 aromatic carbocycles. The Morgan fingerprint density at radius 3 is 1.67 bits per heavy atom. The molecule has 0 bridgehead atoms. The van der Waals surface area contributed by atoms with Crippen LogP contribution in [0.4, 0.5) is 0 Å². The van der Waals surface area contributed by atoms with Crippen LogP contribution in [0.5, 0.6) is 0 Å². The van der Waals surface area contributed by atoms with Crippen molar-refractivity contribution in [1.29, 1.82) is 0 Å². The Labute approximate surface area is 310 Å². The molecular weight excluding hydrogens is 625 g/mol. The summed E-state index contributed by atoms with van der Waals surface area (Å²) in [5.41, 5.74) is 18.0. The Balaban J connectivity index is 0.00000207. The number of hydrogen-bond donors (Lipinski definition) is 0. The van der Waals surface area contributed by atoms with E-state index in [2.05, 4.69) is 185 Å². The van der Waals surface area contributed by atoms with Crippen LogP contribution in [0.2, 0.25) is 0 Å². The standard InChI is InChI=1S/C50H42.C2H6/c1-5-14-42-31-41-16-7-9-22-46(41)47-25-13-26-48(50(42)47)49-32-39(28-27-34(49)3)37-18-10-17-36(29-37)38-19-11-20-40(30-38)44-23-12-24-45(35(44)4)43-21-8-6-15-33(43)2;1-2/h6-13,15-32H,5,14H2,1-4H3;1-2H3. The summed E-state index contributed by atoms with van der Waals surface area (Å²) in [7, 11) is 0. The molecule has 0 saturated carbocycles. The third-order valence-electron chi connectivity index (χ3n) is 10.5. The largest absolute Gasteiger partial charge is 0.0683 e. The molecule has 0 heterocycles. The van der Waals surface area contributed by atoms with Crippen LogP contribution >= 0.6 is 0 Å². The molecule has 8 aromatic rings. The fourth-order valence-electron chi connectivity index (χ4n) is 7.89. The number of fused-ring (bicyclic) bond motifs is 3. The molecule has 52 heavy (non-hydrogen) atoms. The van der Waals surface area contributed by atoms with E-state index in [1.807, 2.05) is 13.8 Å². The van der Waals surface area contributed by atoms with Gasteiger partial charge in [-0.15, -0.1) is 0 Å². The third kappa shape index (κ3) is 6.58. The summed E-state index contributed by atoms with van der Waals surface area (Å²) in [6, 6.07) is 58.5. The van der Waals surface area contributed by atoms with Crippen LogP contribution in [0.3, 0.4) is 0 Å². The Hall–Kier alpha value is -5.72. The zero-order chi connectivity index (χ0) is 36.2. The molecule has 0 spiro atoms. The Morgan fingerprint density at radius 1 is 0.385 bits per heavy atom. The van der Waals surface area contributed by atoms with E-state index in [1.165, 1.54) is 99.4 Å². The van der Waals surface area contributed by atoms with Crippen molar-refractivity contribution in [3.05, 3.63) is 180 Å². The van der Waals surface area contributed by atoms with Crippen LogP contribution in [-0.2, 0) is 6.42 Å². The van der Waals surface area contributed by atoms with E-state index in [0.29, 0.717) is 0 Å². The van der Waals surface area contributed by atoms with E-state index >= 15 is 0 Å². The van der Waals surface area contributed by atoms with Crippen LogP contribution < -0.4 is 0 Å². The minimum atomic E-state index is 1.06. The van der Waals surface area contributed by atoms with E-state index in [4.69, 9.17) is 0 Å². The normalized spacial score (nSPS) is 11.0. The molecule has 0 unspecified atom stereocenters. The molecule has 0 heteroatoms. The van der Waals surface area contributed by atoms with E-state index in [0.717, 1.165) is 12.8 Å². The number of aryl methyl sites for hydroxylation is 3. The molecule has 256 valence electrons. The predicted octanol–water partition coefficient (Wildman–Crippen LogP) is 15.2. The predicted molar refractivity (Wildman–Crippen MR) is 228 cm³/mol. The third-order valence-corrected chi connectivity index (χ3v) is 10.5. The van der Waals surface area contributed by atoms with Gasteiger partial charge in [0.05, 0.1) is 0 Å². The quantitative estimate of drug-likeness (QED) is 0.148. The first-order valence-electron chi connectivity index (χ1n) is 18.9. The van der Waals surface area contributed by atoms with Crippen molar-refractivity contribution in [2.45, 2.75) is 54.4 Å². The molecule has 8 rings (SSSR count). The average Bonchev–Trinajstić information content (AvgIpc) is 3.19. The van der Waals surface area contributed by atoms with Crippen LogP contribution in [0.15, 0.2) is 158 Å². The summed E-state index contributed by atoms with van der Waals surface area (Å²) < 4.78 is 0. The highest BCUT2D eigenvalue weighted by molar-refractivity contribution is 6.14. The monoisotopic (exact) mass is 672 g/mol. The molecule has 0 aliphatic heterocycles. The highest BCUT2D eigenvalue weighted by Crippen LogP contribution is 2.40. The maximum absolute atomic E-state index is 2.42. The zero-order valence-electron chi connectivity index (χ0n) is 31.4. The molecule has 0 radical (unpaired) electrons. The highest BCUT2D eigenvalue weighted by Gasteiger charge is 2.15.